The smallest absolute Gasteiger partial charge is 0.235 e. The summed E-state index contributed by atoms with van der Waals surface area (Å²) in [5, 5.41) is 0. The average molecular weight is 274 g/mol. The molecule has 2 rings (SSSR count). The van der Waals surface area contributed by atoms with Crippen LogP contribution in [0.3, 0.4) is 0 Å². The van der Waals surface area contributed by atoms with E-state index < -0.39 is 15.8 Å². The van der Waals surface area contributed by atoms with Gasteiger partial charge in [-0.05, 0) is 31.0 Å². The fourth-order valence-corrected chi connectivity index (χ4v) is 3.21. The highest BCUT2D eigenvalue weighted by atomic mass is 32.2. The Kier molecular flexibility index (Phi) is 3.72. The quantitative estimate of drug-likeness (QED) is 0.812. The third-order valence-electron chi connectivity index (χ3n) is 2.71. The van der Waals surface area contributed by atoms with Crippen LogP contribution in [0.25, 0.3) is 0 Å². The molecule has 1 aliphatic rings. The monoisotopic (exact) mass is 274 g/mol. The summed E-state index contributed by atoms with van der Waals surface area (Å²) in [5.74, 6) is -0.612. The lowest BCUT2D eigenvalue weighted by Gasteiger charge is -2.13. The lowest BCUT2D eigenvalue weighted by atomic mass is 10.3. The molecule has 1 aliphatic heterocycles. The summed E-state index contributed by atoms with van der Waals surface area (Å²) in [5.41, 5.74) is 5.79. The Balaban J connectivity index is 2.07. The fourth-order valence-electron chi connectivity index (χ4n) is 1.86. The van der Waals surface area contributed by atoms with Crippen molar-refractivity contribution in [1.82, 2.24) is 0 Å². The number of hydrogen-bond acceptors (Lipinski definition) is 4. The standard InChI is InChI=1S/C11H15FN2O3S/c12-8-3-4-11(10(13)6-8)14-18(15,16)7-9-2-1-5-17-9/h3-4,6,9,14H,1-2,5,7,13H2. The maximum absolute atomic E-state index is 12.8. The number of nitrogens with one attached hydrogen (secondary N) is 1. The number of nitrogen functional groups attached to an aromatic ring is 1. The number of ether oxygens (including phenoxy) is 1. The molecule has 100 valence electrons. The van der Waals surface area contributed by atoms with Gasteiger partial charge in [0.25, 0.3) is 0 Å². The molecule has 18 heavy (non-hydrogen) atoms. The summed E-state index contributed by atoms with van der Waals surface area (Å²) in [7, 11) is -3.53. The van der Waals surface area contributed by atoms with Crippen LogP contribution in [0.2, 0.25) is 0 Å². The van der Waals surface area contributed by atoms with Gasteiger partial charge >= 0.3 is 0 Å². The van der Waals surface area contributed by atoms with Crippen molar-refractivity contribution >= 4 is 21.4 Å². The summed E-state index contributed by atoms with van der Waals surface area (Å²) >= 11 is 0. The van der Waals surface area contributed by atoms with Crippen LogP contribution in [0, 0.1) is 5.82 Å². The van der Waals surface area contributed by atoms with E-state index in [-0.39, 0.29) is 23.2 Å². The first-order valence-corrected chi connectivity index (χ1v) is 7.28. The van der Waals surface area contributed by atoms with Gasteiger partial charge in [-0.2, -0.15) is 0 Å². The molecular formula is C11H15FN2O3S. The van der Waals surface area contributed by atoms with Crippen molar-refractivity contribution in [3.63, 3.8) is 0 Å². The highest BCUT2D eigenvalue weighted by Crippen LogP contribution is 2.22. The largest absolute Gasteiger partial charge is 0.397 e. The maximum atomic E-state index is 12.8. The summed E-state index contributed by atoms with van der Waals surface area (Å²) in [6, 6.07) is 3.53. The van der Waals surface area contributed by atoms with Gasteiger partial charge in [0, 0.05) is 6.61 Å². The first-order chi connectivity index (χ1) is 8.46. The van der Waals surface area contributed by atoms with Gasteiger partial charge in [-0.3, -0.25) is 4.72 Å². The Morgan fingerprint density at radius 1 is 1.50 bits per heavy atom. The number of halogens is 1. The van der Waals surface area contributed by atoms with Gasteiger partial charge < -0.3 is 10.5 Å². The number of anilines is 2. The minimum absolute atomic E-state index is 0.0610. The zero-order chi connectivity index (χ0) is 13.2. The first-order valence-electron chi connectivity index (χ1n) is 5.63. The summed E-state index contributed by atoms with van der Waals surface area (Å²) < 4.78 is 44.1. The van der Waals surface area contributed by atoms with Gasteiger partial charge in [-0.15, -0.1) is 0 Å². The Bertz CT molecular complexity index is 527. The average Bonchev–Trinajstić information content (AvgIpc) is 2.74. The van der Waals surface area contributed by atoms with Crippen molar-refractivity contribution in [3.8, 4) is 0 Å². The number of sulfonamides is 1. The number of nitrogens with two attached hydrogens (primary N) is 1. The normalized spacial score (nSPS) is 19.9. The SMILES string of the molecule is Nc1cc(F)ccc1NS(=O)(=O)CC1CCCO1. The van der Waals surface area contributed by atoms with Crippen LogP contribution in [-0.4, -0.2) is 26.9 Å². The summed E-state index contributed by atoms with van der Waals surface area (Å²) in [4.78, 5) is 0. The molecule has 0 radical (unpaired) electrons. The second-order valence-corrected chi connectivity index (χ2v) is 6.02. The highest BCUT2D eigenvalue weighted by molar-refractivity contribution is 7.92. The van der Waals surface area contributed by atoms with E-state index in [2.05, 4.69) is 4.72 Å². The molecule has 0 aromatic heterocycles. The molecular weight excluding hydrogens is 259 g/mol. The van der Waals surface area contributed by atoms with Crippen LogP contribution in [0.1, 0.15) is 12.8 Å². The molecule has 1 heterocycles. The van der Waals surface area contributed by atoms with Crippen LogP contribution >= 0.6 is 0 Å². The second kappa shape index (κ2) is 5.11. The third kappa shape index (κ3) is 3.33. The van der Waals surface area contributed by atoms with E-state index in [1.165, 1.54) is 6.07 Å². The van der Waals surface area contributed by atoms with Gasteiger partial charge in [0.15, 0.2) is 0 Å². The van der Waals surface area contributed by atoms with Gasteiger partial charge in [0.1, 0.15) is 5.82 Å². The molecule has 1 atom stereocenters. The molecule has 0 bridgehead atoms. The summed E-state index contributed by atoms with van der Waals surface area (Å²) in [6.07, 6.45) is 1.34. The van der Waals surface area contributed by atoms with Gasteiger partial charge in [-0.1, -0.05) is 0 Å². The molecule has 0 aliphatic carbocycles. The van der Waals surface area contributed by atoms with E-state index in [1.54, 1.807) is 0 Å². The summed E-state index contributed by atoms with van der Waals surface area (Å²) in [6.45, 7) is 0.596. The van der Waals surface area contributed by atoms with Crippen molar-refractivity contribution in [2.24, 2.45) is 0 Å². The fraction of sp³-hybridized carbons (Fsp3) is 0.455. The molecule has 5 nitrogen and oxygen atoms in total. The van der Waals surface area contributed by atoms with Crippen molar-refractivity contribution in [3.05, 3.63) is 24.0 Å². The minimum Gasteiger partial charge on any atom is -0.397 e. The number of hydrogen-bond donors (Lipinski definition) is 2. The van der Waals surface area contributed by atoms with Crippen LogP contribution in [-0.2, 0) is 14.8 Å². The lowest BCUT2D eigenvalue weighted by Crippen LogP contribution is -2.26. The zero-order valence-corrected chi connectivity index (χ0v) is 10.5. The Morgan fingerprint density at radius 2 is 2.28 bits per heavy atom. The zero-order valence-electron chi connectivity index (χ0n) is 9.73. The second-order valence-electron chi connectivity index (χ2n) is 4.25. The Hall–Kier alpha value is -1.34. The topological polar surface area (TPSA) is 81.4 Å². The van der Waals surface area contributed by atoms with E-state index in [1.807, 2.05) is 0 Å². The molecule has 0 saturated carbocycles. The van der Waals surface area contributed by atoms with Gasteiger partial charge in [-0.25, -0.2) is 12.8 Å². The van der Waals surface area contributed by atoms with Crippen molar-refractivity contribution in [2.45, 2.75) is 18.9 Å². The molecule has 1 fully saturated rings. The highest BCUT2D eigenvalue weighted by Gasteiger charge is 2.23. The van der Waals surface area contributed by atoms with E-state index in [9.17, 15) is 12.8 Å². The van der Waals surface area contributed by atoms with Crippen LogP contribution in [0.15, 0.2) is 18.2 Å². The van der Waals surface area contributed by atoms with Crippen LogP contribution in [0.4, 0.5) is 15.8 Å². The van der Waals surface area contributed by atoms with E-state index in [0.29, 0.717) is 6.61 Å². The number of benzene rings is 1. The molecule has 3 N–H and O–H groups in total. The maximum Gasteiger partial charge on any atom is 0.235 e. The predicted octanol–water partition coefficient (Wildman–Crippen LogP) is 1.33. The van der Waals surface area contributed by atoms with Gasteiger partial charge in [0.05, 0.1) is 23.2 Å². The molecule has 1 unspecified atom stereocenters. The molecule has 1 aromatic rings. The first kappa shape index (κ1) is 13.1. The minimum atomic E-state index is -3.53. The molecule has 7 heteroatoms. The van der Waals surface area contributed by atoms with Crippen molar-refractivity contribution in [1.29, 1.82) is 0 Å². The van der Waals surface area contributed by atoms with Crippen molar-refractivity contribution in [2.75, 3.05) is 22.8 Å². The third-order valence-corrected chi connectivity index (χ3v) is 4.05. The molecule has 1 aromatic carbocycles. The van der Waals surface area contributed by atoms with Gasteiger partial charge in [0.2, 0.25) is 10.0 Å². The molecule has 1 saturated heterocycles. The predicted molar refractivity (Wildman–Crippen MR) is 67.2 cm³/mol. The Morgan fingerprint density at radius 3 is 2.89 bits per heavy atom. The number of rotatable bonds is 4. The van der Waals surface area contributed by atoms with Crippen LogP contribution < -0.4 is 10.5 Å². The van der Waals surface area contributed by atoms with Crippen molar-refractivity contribution < 1.29 is 17.5 Å². The van der Waals surface area contributed by atoms with Crippen LogP contribution in [0.5, 0.6) is 0 Å². The van der Waals surface area contributed by atoms with E-state index >= 15 is 0 Å². The molecule has 0 spiro atoms. The lowest BCUT2D eigenvalue weighted by molar-refractivity contribution is 0.127. The Labute approximate surface area is 105 Å². The van der Waals surface area contributed by atoms with E-state index in [0.717, 1.165) is 25.0 Å². The van der Waals surface area contributed by atoms with E-state index in [4.69, 9.17) is 10.5 Å². The molecule has 0 amide bonds.